The van der Waals surface area contributed by atoms with Gasteiger partial charge in [0.2, 0.25) is 0 Å². The third-order valence-corrected chi connectivity index (χ3v) is 1.84. The molecule has 0 aromatic carbocycles. The lowest BCUT2D eigenvalue weighted by Gasteiger charge is -1.98. The maximum atomic E-state index is 5.72. The van der Waals surface area contributed by atoms with Crippen molar-refractivity contribution in [2.75, 3.05) is 5.73 Å². The number of rotatable bonds is 0. The Morgan fingerprint density at radius 2 is 2.07 bits per heavy atom. The maximum Gasteiger partial charge on any atom is 0.161 e. The second kappa shape index (κ2) is 4.28. The molecule has 0 fully saturated rings. The summed E-state index contributed by atoms with van der Waals surface area (Å²) in [5, 5.41) is 4.42. The van der Waals surface area contributed by atoms with E-state index in [0.717, 1.165) is 5.56 Å². The summed E-state index contributed by atoms with van der Waals surface area (Å²) in [6.07, 6.45) is 1.70. The molecule has 4 nitrogen and oxygen atoms in total. The summed E-state index contributed by atoms with van der Waals surface area (Å²) in [6.45, 7) is 5.91. The fourth-order valence-electron chi connectivity index (χ4n) is 1.06. The number of halogens is 1. The lowest BCUT2D eigenvalue weighted by molar-refractivity contribution is 0.952. The van der Waals surface area contributed by atoms with Gasteiger partial charge in [-0.15, -0.1) is 0 Å². The summed E-state index contributed by atoms with van der Waals surface area (Å²) < 4.78 is 1.56. The van der Waals surface area contributed by atoms with Gasteiger partial charge in [0.25, 0.3) is 0 Å². The molecule has 0 saturated carbocycles. The van der Waals surface area contributed by atoms with Gasteiger partial charge in [-0.3, -0.25) is 0 Å². The Morgan fingerprint density at radius 3 is 2.71 bits per heavy atom. The summed E-state index contributed by atoms with van der Waals surface area (Å²) in [6, 6.07) is 1.57. The Kier molecular flexibility index (Phi) is 3.30. The van der Waals surface area contributed by atoms with Crippen LogP contribution in [0.1, 0.15) is 19.4 Å². The van der Waals surface area contributed by atoms with E-state index in [4.69, 9.17) is 17.3 Å². The Hall–Kier alpha value is -1.29. The number of hydrogen-bond acceptors (Lipinski definition) is 3. The van der Waals surface area contributed by atoms with E-state index in [1.165, 1.54) is 0 Å². The highest BCUT2D eigenvalue weighted by molar-refractivity contribution is 6.29. The molecule has 0 spiro atoms. The largest absolute Gasteiger partial charge is 0.383 e. The van der Waals surface area contributed by atoms with E-state index in [2.05, 4.69) is 10.1 Å². The Morgan fingerprint density at radius 1 is 1.43 bits per heavy atom. The highest BCUT2D eigenvalue weighted by Gasteiger charge is 2.04. The van der Waals surface area contributed by atoms with Crippen molar-refractivity contribution in [3.05, 3.63) is 23.0 Å². The van der Waals surface area contributed by atoms with E-state index in [9.17, 15) is 0 Å². The van der Waals surface area contributed by atoms with Crippen molar-refractivity contribution in [3.8, 4) is 0 Å². The fourth-order valence-corrected chi connectivity index (χ4v) is 1.26. The van der Waals surface area contributed by atoms with E-state index in [1.807, 2.05) is 20.8 Å². The summed E-state index contributed by atoms with van der Waals surface area (Å²) in [5.41, 5.74) is 7.32. The van der Waals surface area contributed by atoms with Crippen LogP contribution in [-0.2, 0) is 0 Å². The van der Waals surface area contributed by atoms with Crippen LogP contribution < -0.4 is 5.73 Å². The van der Waals surface area contributed by atoms with E-state index in [-0.39, 0.29) is 0 Å². The first-order valence-corrected chi connectivity index (χ1v) is 4.82. The van der Waals surface area contributed by atoms with Gasteiger partial charge >= 0.3 is 0 Å². The van der Waals surface area contributed by atoms with Gasteiger partial charge in [-0.1, -0.05) is 25.4 Å². The minimum atomic E-state index is 0.392. The average molecular weight is 213 g/mol. The fraction of sp³-hybridized carbons (Fsp3) is 0.333. The first-order valence-electron chi connectivity index (χ1n) is 4.45. The minimum Gasteiger partial charge on any atom is -0.383 e. The smallest absolute Gasteiger partial charge is 0.161 e. The van der Waals surface area contributed by atoms with Crippen molar-refractivity contribution in [3.63, 3.8) is 0 Å². The predicted molar refractivity (Wildman–Crippen MR) is 58.5 cm³/mol. The molecule has 0 amide bonds. The number of aryl methyl sites for hydroxylation is 1. The SMILES string of the molecule is CC.Cc1cnn2c(N)cc(Cl)nc12. The van der Waals surface area contributed by atoms with Crippen molar-refractivity contribution >= 4 is 23.1 Å². The molecule has 5 heteroatoms. The van der Waals surface area contributed by atoms with Gasteiger partial charge in [0.05, 0.1) is 6.20 Å². The maximum absolute atomic E-state index is 5.72. The number of nitrogens with two attached hydrogens (primary N) is 1. The van der Waals surface area contributed by atoms with Crippen LogP contribution in [0.4, 0.5) is 5.82 Å². The molecule has 2 aromatic heterocycles. The zero-order valence-electron chi connectivity index (χ0n) is 8.45. The van der Waals surface area contributed by atoms with E-state index in [0.29, 0.717) is 16.6 Å². The monoisotopic (exact) mass is 212 g/mol. The molecule has 0 atom stereocenters. The molecule has 2 aromatic rings. The van der Waals surface area contributed by atoms with E-state index < -0.39 is 0 Å². The second-order valence-electron chi connectivity index (χ2n) is 2.57. The van der Waals surface area contributed by atoms with E-state index >= 15 is 0 Å². The summed E-state index contributed by atoms with van der Waals surface area (Å²) in [7, 11) is 0. The lowest BCUT2D eigenvalue weighted by atomic mass is 10.4. The van der Waals surface area contributed by atoms with Gasteiger partial charge in [-0.25, -0.2) is 4.98 Å². The molecule has 0 aliphatic carbocycles. The molecule has 2 heterocycles. The van der Waals surface area contributed by atoms with Crippen LogP contribution in [0.25, 0.3) is 5.65 Å². The van der Waals surface area contributed by atoms with Crippen LogP contribution in [0.3, 0.4) is 0 Å². The molecule has 14 heavy (non-hydrogen) atoms. The highest BCUT2D eigenvalue weighted by atomic mass is 35.5. The standard InChI is InChI=1S/C7H7ClN4.C2H6/c1-4-3-10-12-6(9)2-5(8)11-7(4)12;1-2/h2-3H,9H2,1H3;1-2H3. The zero-order valence-corrected chi connectivity index (χ0v) is 9.21. The molecule has 0 aliphatic heterocycles. The first kappa shape index (κ1) is 10.8. The van der Waals surface area contributed by atoms with Crippen molar-refractivity contribution < 1.29 is 0 Å². The summed E-state index contributed by atoms with van der Waals surface area (Å²) >= 11 is 5.72. The predicted octanol–water partition coefficient (Wildman–Crippen LogP) is 2.30. The normalized spacial score (nSPS) is 9.71. The van der Waals surface area contributed by atoms with Crippen LogP contribution in [0.5, 0.6) is 0 Å². The molecule has 0 unspecified atom stereocenters. The molecule has 0 aliphatic rings. The van der Waals surface area contributed by atoms with Gasteiger partial charge in [0.15, 0.2) is 5.65 Å². The molecule has 0 saturated heterocycles. The average Bonchev–Trinajstić information content (AvgIpc) is 2.52. The third-order valence-electron chi connectivity index (χ3n) is 1.64. The molecule has 0 bridgehead atoms. The van der Waals surface area contributed by atoms with Crippen LogP contribution in [0.2, 0.25) is 5.15 Å². The van der Waals surface area contributed by atoms with Crippen molar-refractivity contribution in [1.82, 2.24) is 14.6 Å². The van der Waals surface area contributed by atoms with Gasteiger partial charge in [0, 0.05) is 11.6 Å². The third kappa shape index (κ3) is 1.80. The molecule has 76 valence electrons. The zero-order chi connectivity index (χ0) is 10.7. The Labute approximate surface area is 87.7 Å². The van der Waals surface area contributed by atoms with Crippen LogP contribution in [-0.4, -0.2) is 14.6 Å². The number of nitrogens with zero attached hydrogens (tertiary/aromatic N) is 3. The summed E-state index contributed by atoms with van der Waals surface area (Å²) in [4.78, 5) is 4.08. The second-order valence-corrected chi connectivity index (χ2v) is 2.95. The Balaban J connectivity index is 0.000000461. The number of aromatic nitrogens is 3. The van der Waals surface area contributed by atoms with Gasteiger partial charge in [0.1, 0.15) is 11.0 Å². The van der Waals surface area contributed by atoms with Gasteiger partial charge in [-0.05, 0) is 6.92 Å². The molecule has 2 rings (SSSR count). The first-order chi connectivity index (χ1) is 6.68. The van der Waals surface area contributed by atoms with E-state index in [1.54, 1.807) is 16.8 Å². The van der Waals surface area contributed by atoms with Crippen LogP contribution in [0.15, 0.2) is 12.3 Å². The number of hydrogen-bond donors (Lipinski definition) is 1. The highest BCUT2D eigenvalue weighted by Crippen LogP contribution is 2.15. The topological polar surface area (TPSA) is 56.2 Å². The quantitative estimate of drug-likeness (QED) is 0.682. The van der Waals surface area contributed by atoms with Gasteiger partial charge < -0.3 is 5.73 Å². The lowest BCUT2D eigenvalue weighted by Crippen LogP contribution is -1.99. The molecule has 0 radical (unpaired) electrons. The van der Waals surface area contributed by atoms with Crippen LogP contribution in [0, 0.1) is 6.92 Å². The molecule has 2 N–H and O–H groups in total. The number of anilines is 1. The van der Waals surface area contributed by atoms with Crippen molar-refractivity contribution in [2.45, 2.75) is 20.8 Å². The van der Waals surface area contributed by atoms with Gasteiger partial charge in [-0.2, -0.15) is 9.61 Å². The van der Waals surface area contributed by atoms with Crippen molar-refractivity contribution in [1.29, 1.82) is 0 Å². The molecular formula is C9H13ClN4. The van der Waals surface area contributed by atoms with Crippen molar-refractivity contribution in [2.24, 2.45) is 0 Å². The summed E-state index contributed by atoms with van der Waals surface area (Å²) in [5.74, 6) is 0.498. The minimum absolute atomic E-state index is 0.392. The van der Waals surface area contributed by atoms with Crippen LogP contribution >= 0.6 is 11.6 Å². The number of nitrogen functional groups attached to an aromatic ring is 1. The number of fused-ring (bicyclic) bond motifs is 1. The molecular weight excluding hydrogens is 200 g/mol. The Bertz CT molecular complexity index is 436.